The molecule has 2 atom stereocenters. The molecular formula is C35H40Cl2N4Sn. The second-order valence-corrected chi connectivity index (χ2v) is 26.4. The number of allylic oxidation sites excluding steroid dienone is 5. The summed E-state index contributed by atoms with van der Waals surface area (Å²) in [6.45, 7) is 20.4. The fourth-order valence-electron chi connectivity index (χ4n) is 8.75. The number of nitrogens with zero attached hydrogens (tertiary/aromatic N) is 4. The van der Waals surface area contributed by atoms with Gasteiger partial charge in [0.05, 0.1) is 0 Å². The van der Waals surface area contributed by atoms with Gasteiger partial charge in [-0.1, -0.05) is 0 Å². The Hall–Kier alpha value is -2.02. The minimum atomic E-state index is -4.54. The first kappa shape index (κ1) is 28.7. The van der Waals surface area contributed by atoms with Crippen molar-refractivity contribution in [2.75, 3.05) is 0 Å². The average Bonchev–Trinajstić information content (AvgIpc) is 3.66. The van der Waals surface area contributed by atoms with Crippen molar-refractivity contribution in [1.82, 2.24) is 5.58 Å². The summed E-state index contributed by atoms with van der Waals surface area (Å²) >= 11 is -4.54. The van der Waals surface area contributed by atoms with E-state index >= 15 is 0 Å². The van der Waals surface area contributed by atoms with Crippen LogP contribution < -0.4 is 10.7 Å². The van der Waals surface area contributed by atoms with Crippen molar-refractivity contribution in [2.45, 2.75) is 88.0 Å². The van der Waals surface area contributed by atoms with Crippen LogP contribution in [0.1, 0.15) is 94.9 Å². The molecule has 0 aromatic carbocycles. The van der Waals surface area contributed by atoms with Gasteiger partial charge in [-0.15, -0.1) is 0 Å². The molecule has 6 bridgehead atoms. The van der Waals surface area contributed by atoms with Gasteiger partial charge in [0.25, 0.3) is 0 Å². The Kier molecular flexibility index (Phi) is 6.49. The summed E-state index contributed by atoms with van der Waals surface area (Å²) in [5, 5.41) is 2.23. The maximum absolute atomic E-state index is 8.08. The molecular weight excluding hydrogens is 666 g/mol. The van der Waals surface area contributed by atoms with Crippen LogP contribution in [0.4, 0.5) is 0 Å². The second kappa shape index (κ2) is 9.49. The molecule has 218 valence electrons. The van der Waals surface area contributed by atoms with Gasteiger partial charge in [0.1, 0.15) is 0 Å². The molecule has 0 amide bonds. The van der Waals surface area contributed by atoms with Gasteiger partial charge in [0.15, 0.2) is 0 Å². The first-order chi connectivity index (χ1) is 20.0. The van der Waals surface area contributed by atoms with Gasteiger partial charge < -0.3 is 0 Å². The molecule has 4 nitrogen and oxygen atoms in total. The van der Waals surface area contributed by atoms with Crippen LogP contribution in [0.15, 0.2) is 44.2 Å². The first-order valence-electron chi connectivity index (χ1n) is 15.6. The van der Waals surface area contributed by atoms with E-state index in [0.29, 0.717) is 0 Å². The molecule has 6 heterocycles. The van der Waals surface area contributed by atoms with Gasteiger partial charge in [-0.25, -0.2) is 0 Å². The van der Waals surface area contributed by atoms with Crippen molar-refractivity contribution in [3.8, 4) is 0 Å². The Balaban J connectivity index is 1.80. The van der Waals surface area contributed by atoms with Crippen LogP contribution in [-0.2, 0) is 12.8 Å². The van der Waals surface area contributed by atoms with Crippen molar-refractivity contribution >= 4 is 69.7 Å². The SMILES string of the molecule is CCC1=C(C)C2=Cc3c(CC)c(C)c4[n]3[Sn]([Cl])([Cl])[n]3c(c(C)c(CC)c3=CC3=NC5=C4C=C(C)C5(CC)C3C)=CC1=N2. The standard InChI is InChI=1S/C35H40N4.2ClH.Sn/c1-10-23-19(6)28-16-32-25(12-3)21(8)33(38-32)26-14-18(5)35(13-4)22(9)29(39-34(26)35)17-31-24(11-2)20(7)27(37-31)15-30(23)36-28;;;/h14-17,22H,10-13H2,1-9H3;2*1H;/q-2;;;+4/p-2. The predicted molar refractivity (Wildman–Crippen MR) is 182 cm³/mol. The molecule has 0 fully saturated rings. The van der Waals surface area contributed by atoms with Gasteiger partial charge in [-0.05, 0) is 0 Å². The Morgan fingerprint density at radius 1 is 0.833 bits per heavy atom. The van der Waals surface area contributed by atoms with Gasteiger partial charge in [-0.3, -0.25) is 0 Å². The van der Waals surface area contributed by atoms with Gasteiger partial charge in [0.2, 0.25) is 0 Å². The van der Waals surface area contributed by atoms with Crippen molar-refractivity contribution in [3.05, 3.63) is 78.5 Å². The zero-order valence-electron chi connectivity index (χ0n) is 26.3. The molecule has 0 saturated heterocycles. The van der Waals surface area contributed by atoms with Crippen molar-refractivity contribution in [1.29, 1.82) is 0 Å². The number of hydrogen-bond donors (Lipinski definition) is 0. The normalized spacial score (nSPS) is 24.8. The van der Waals surface area contributed by atoms with Crippen LogP contribution in [0, 0.1) is 25.2 Å². The summed E-state index contributed by atoms with van der Waals surface area (Å²) in [6.07, 6.45) is 13.0. The molecule has 5 aliphatic rings. The number of fused-ring (bicyclic) bond motifs is 2. The van der Waals surface area contributed by atoms with Gasteiger partial charge in [-0.2, -0.15) is 0 Å². The summed E-state index contributed by atoms with van der Waals surface area (Å²) in [5.41, 5.74) is 16.8. The molecule has 1 aliphatic carbocycles. The van der Waals surface area contributed by atoms with Crippen LogP contribution >= 0.6 is 17.8 Å². The molecule has 4 aliphatic heterocycles. The maximum atomic E-state index is 8.08. The topological polar surface area (TPSA) is 34.6 Å². The molecule has 0 spiro atoms. The number of aromatic nitrogens is 2. The van der Waals surface area contributed by atoms with Gasteiger partial charge >= 0.3 is 263 Å². The molecule has 2 unspecified atom stereocenters. The molecule has 0 saturated carbocycles. The Morgan fingerprint density at radius 3 is 2.19 bits per heavy atom. The monoisotopic (exact) mass is 706 g/mol. The first-order valence-corrected chi connectivity index (χ1v) is 25.4. The Morgan fingerprint density at radius 2 is 1.55 bits per heavy atom. The fraction of sp³-hybridized carbons (Fsp3) is 0.429. The van der Waals surface area contributed by atoms with E-state index < -0.39 is 16.7 Å². The third-order valence-electron chi connectivity index (χ3n) is 11.0. The molecule has 7 rings (SSSR count). The summed E-state index contributed by atoms with van der Waals surface area (Å²) in [5.74, 6) is 0.254. The van der Waals surface area contributed by atoms with Gasteiger partial charge in [0, 0.05) is 0 Å². The van der Waals surface area contributed by atoms with E-state index in [0.717, 1.165) is 64.9 Å². The molecule has 0 radical (unpaired) electrons. The van der Waals surface area contributed by atoms with E-state index in [4.69, 9.17) is 27.8 Å². The number of halogens is 2. The molecule has 0 N–H and O–H groups in total. The Labute approximate surface area is 261 Å². The predicted octanol–water partition coefficient (Wildman–Crippen LogP) is 7.61. The summed E-state index contributed by atoms with van der Waals surface area (Å²) in [7, 11) is 16.2. The van der Waals surface area contributed by atoms with Crippen LogP contribution in [0.2, 0.25) is 0 Å². The Bertz CT molecular complexity index is 1950. The van der Waals surface area contributed by atoms with Crippen LogP contribution in [0.5, 0.6) is 0 Å². The molecule has 2 aromatic heterocycles. The van der Waals surface area contributed by atoms with E-state index in [1.54, 1.807) is 0 Å². The number of aliphatic imine (C=N–C) groups is 2. The van der Waals surface area contributed by atoms with Crippen LogP contribution in [-0.4, -0.2) is 33.7 Å². The zero-order chi connectivity index (χ0) is 30.0. The molecule has 2 aromatic rings. The van der Waals surface area contributed by atoms with E-state index in [2.05, 4.69) is 92.2 Å². The van der Waals surface area contributed by atoms with Crippen molar-refractivity contribution in [2.24, 2.45) is 21.3 Å². The van der Waals surface area contributed by atoms with E-state index in [9.17, 15) is 0 Å². The minimum absolute atomic E-state index is 0.115. The summed E-state index contributed by atoms with van der Waals surface area (Å²) in [4.78, 5) is 10.8. The second-order valence-electron chi connectivity index (χ2n) is 12.5. The van der Waals surface area contributed by atoms with E-state index in [-0.39, 0.29) is 11.3 Å². The van der Waals surface area contributed by atoms with Crippen molar-refractivity contribution < 1.29 is 0 Å². The average molecular weight is 706 g/mol. The van der Waals surface area contributed by atoms with E-state index in [1.807, 2.05) is 0 Å². The molecule has 7 heteroatoms. The van der Waals surface area contributed by atoms with E-state index in [1.165, 1.54) is 50.2 Å². The van der Waals surface area contributed by atoms with Crippen LogP contribution in [0.3, 0.4) is 0 Å². The number of hydrogen-bond acceptors (Lipinski definition) is 2. The quantitative estimate of drug-likeness (QED) is 0.294. The fourth-order valence-corrected chi connectivity index (χ4v) is 20.0. The third-order valence-corrected chi connectivity index (χ3v) is 21.3. The summed E-state index contributed by atoms with van der Waals surface area (Å²) in [6, 6.07) is 0. The summed E-state index contributed by atoms with van der Waals surface area (Å²) < 4.78 is 4.79. The number of rotatable bonds is 4. The molecule has 42 heavy (non-hydrogen) atoms. The third kappa shape index (κ3) is 3.32. The van der Waals surface area contributed by atoms with Crippen LogP contribution in [0.25, 0.3) is 23.8 Å². The zero-order valence-corrected chi connectivity index (χ0v) is 30.6. The van der Waals surface area contributed by atoms with Crippen molar-refractivity contribution in [3.63, 3.8) is 0 Å².